The Balaban J connectivity index is 1.90. The number of benzene rings is 1. The summed E-state index contributed by atoms with van der Waals surface area (Å²) in [6.07, 6.45) is 1.47. The number of rotatable bonds is 1. The van der Waals surface area contributed by atoms with Gasteiger partial charge in [-0.2, -0.15) is 0 Å². The van der Waals surface area contributed by atoms with Crippen molar-refractivity contribution in [2.24, 2.45) is 0 Å². The summed E-state index contributed by atoms with van der Waals surface area (Å²) in [5.74, 6) is 1.00. The second kappa shape index (κ2) is 4.34. The van der Waals surface area contributed by atoms with E-state index in [-0.39, 0.29) is 11.4 Å². The number of ether oxygens (including phenoxy) is 1. The number of carbonyl (C=O) groups is 1. The van der Waals surface area contributed by atoms with E-state index in [9.17, 15) is 4.79 Å². The first-order valence-corrected chi connectivity index (χ1v) is 7.06. The molecule has 19 heavy (non-hydrogen) atoms. The summed E-state index contributed by atoms with van der Waals surface area (Å²) in [6.45, 7) is 8.28. The third-order valence-corrected chi connectivity index (χ3v) is 4.32. The lowest BCUT2D eigenvalue weighted by Gasteiger charge is -2.35. The highest BCUT2D eigenvalue weighted by atomic mass is 16.5. The van der Waals surface area contributed by atoms with E-state index >= 15 is 0 Å². The number of ketones is 1. The quantitative estimate of drug-likeness (QED) is 0.776. The van der Waals surface area contributed by atoms with Gasteiger partial charge in [0.15, 0.2) is 5.78 Å². The maximum Gasteiger partial charge on any atom is 0.170 e. The van der Waals surface area contributed by atoms with Crippen LogP contribution < -0.4 is 4.74 Å². The molecule has 1 aromatic carbocycles. The Kier molecular flexibility index (Phi) is 2.90. The average Bonchev–Trinajstić information content (AvgIpc) is 2.74. The SMILES string of the molecule is Cc1ccc2c(c1)C(=O)CC1(CCN(C(C)C)C1)O2. The van der Waals surface area contributed by atoms with E-state index in [2.05, 4.69) is 18.7 Å². The zero-order valence-electron chi connectivity index (χ0n) is 11.9. The Morgan fingerprint density at radius 3 is 2.84 bits per heavy atom. The van der Waals surface area contributed by atoms with Crippen LogP contribution in [0.15, 0.2) is 18.2 Å². The number of aryl methyl sites for hydroxylation is 1. The van der Waals surface area contributed by atoms with Crippen LogP contribution in [0, 0.1) is 6.92 Å². The molecular formula is C16H21NO2. The first-order chi connectivity index (χ1) is 8.99. The summed E-state index contributed by atoms with van der Waals surface area (Å²) < 4.78 is 6.22. The Morgan fingerprint density at radius 1 is 1.37 bits per heavy atom. The third kappa shape index (κ3) is 2.16. The molecule has 1 spiro atoms. The standard InChI is InChI=1S/C16H21NO2/c1-11(2)17-7-6-16(10-17)9-14(18)13-8-12(3)4-5-15(13)19-16/h4-5,8,11H,6-7,9-10H2,1-3H3. The van der Waals surface area contributed by atoms with Crippen LogP contribution in [0.1, 0.15) is 42.6 Å². The van der Waals surface area contributed by atoms with Crippen molar-refractivity contribution < 1.29 is 9.53 Å². The van der Waals surface area contributed by atoms with Crippen molar-refractivity contribution in [2.75, 3.05) is 13.1 Å². The highest BCUT2D eigenvalue weighted by Gasteiger charge is 2.46. The van der Waals surface area contributed by atoms with E-state index in [0.29, 0.717) is 12.5 Å². The summed E-state index contributed by atoms with van der Waals surface area (Å²) in [6, 6.07) is 6.42. The second-order valence-corrected chi connectivity index (χ2v) is 6.20. The van der Waals surface area contributed by atoms with Gasteiger partial charge in [0.05, 0.1) is 12.0 Å². The zero-order valence-corrected chi connectivity index (χ0v) is 11.9. The van der Waals surface area contributed by atoms with Crippen molar-refractivity contribution in [3.63, 3.8) is 0 Å². The third-order valence-electron chi connectivity index (χ3n) is 4.32. The summed E-state index contributed by atoms with van der Waals surface area (Å²) >= 11 is 0. The monoisotopic (exact) mass is 259 g/mol. The minimum atomic E-state index is -0.288. The van der Waals surface area contributed by atoms with E-state index in [1.807, 2.05) is 25.1 Å². The van der Waals surface area contributed by atoms with Crippen molar-refractivity contribution in [1.82, 2.24) is 4.90 Å². The van der Waals surface area contributed by atoms with Gasteiger partial charge >= 0.3 is 0 Å². The first kappa shape index (κ1) is 12.7. The number of nitrogens with zero attached hydrogens (tertiary/aromatic N) is 1. The van der Waals surface area contributed by atoms with Crippen LogP contribution in [0.25, 0.3) is 0 Å². The molecule has 0 aliphatic carbocycles. The van der Waals surface area contributed by atoms with Crippen LogP contribution >= 0.6 is 0 Å². The number of hydrogen-bond donors (Lipinski definition) is 0. The molecule has 0 amide bonds. The zero-order chi connectivity index (χ0) is 13.6. The van der Waals surface area contributed by atoms with E-state index in [4.69, 9.17) is 4.74 Å². The Morgan fingerprint density at radius 2 is 2.16 bits per heavy atom. The van der Waals surface area contributed by atoms with Crippen molar-refractivity contribution in [3.05, 3.63) is 29.3 Å². The molecule has 102 valence electrons. The summed E-state index contributed by atoms with van der Waals surface area (Å²) in [5.41, 5.74) is 1.58. The van der Waals surface area contributed by atoms with Gasteiger partial charge in [0.1, 0.15) is 11.4 Å². The molecule has 1 fully saturated rings. The predicted molar refractivity (Wildman–Crippen MR) is 74.8 cm³/mol. The normalized spacial score (nSPS) is 26.8. The molecule has 1 atom stereocenters. The van der Waals surface area contributed by atoms with Gasteiger partial charge in [-0.3, -0.25) is 9.69 Å². The number of fused-ring (bicyclic) bond motifs is 1. The average molecular weight is 259 g/mol. The molecule has 0 radical (unpaired) electrons. The Bertz CT molecular complexity index is 523. The van der Waals surface area contributed by atoms with Crippen LogP contribution in [0.2, 0.25) is 0 Å². The second-order valence-electron chi connectivity index (χ2n) is 6.20. The molecule has 0 bridgehead atoms. The summed E-state index contributed by atoms with van der Waals surface area (Å²) in [5, 5.41) is 0. The molecule has 3 rings (SSSR count). The maximum atomic E-state index is 12.4. The minimum Gasteiger partial charge on any atom is -0.485 e. The van der Waals surface area contributed by atoms with Gasteiger partial charge in [-0.05, 0) is 32.9 Å². The minimum absolute atomic E-state index is 0.232. The number of likely N-dealkylation sites (tertiary alicyclic amines) is 1. The van der Waals surface area contributed by atoms with Crippen LogP contribution in [0.4, 0.5) is 0 Å². The predicted octanol–water partition coefficient (Wildman–Crippen LogP) is 2.81. The molecule has 1 aromatic rings. The van der Waals surface area contributed by atoms with E-state index in [0.717, 1.165) is 36.4 Å². The fourth-order valence-electron chi connectivity index (χ4n) is 3.15. The molecule has 0 aromatic heterocycles. The molecule has 2 heterocycles. The van der Waals surface area contributed by atoms with Crippen molar-refractivity contribution in [3.8, 4) is 5.75 Å². The van der Waals surface area contributed by atoms with Gasteiger partial charge in [0.25, 0.3) is 0 Å². The molecule has 1 unspecified atom stereocenters. The van der Waals surface area contributed by atoms with E-state index in [1.165, 1.54) is 0 Å². The van der Waals surface area contributed by atoms with Gasteiger partial charge in [0.2, 0.25) is 0 Å². The van der Waals surface area contributed by atoms with Crippen molar-refractivity contribution in [1.29, 1.82) is 0 Å². The fraction of sp³-hybridized carbons (Fsp3) is 0.562. The Labute approximate surface area is 114 Å². The molecule has 1 saturated heterocycles. The van der Waals surface area contributed by atoms with Crippen molar-refractivity contribution >= 4 is 5.78 Å². The van der Waals surface area contributed by atoms with Gasteiger partial charge < -0.3 is 4.74 Å². The lowest BCUT2D eigenvalue weighted by atomic mass is 9.88. The van der Waals surface area contributed by atoms with Gasteiger partial charge in [0, 0.05) is 25.6 Å². The summed E-state index contributed by atoms with van der Waals surface area (Å²) in [7, 11) is 0. The van der Waals surface area contributed by atoms with Crippen LogP contribution in [0.5, 0.6) is 5.75 Å². The lowest BCUT2D eigenvalue weighted by Crippen LogP contribution is -2.45. The fourth-order valence-corrected chi connectivity index (χ4v) is 3.15. The van der Waals surface area contributed by atoms with Gasteiger partial charge in [-0.15, -0.1) is 0 Å². The van der Waals surface area contributed by atoms with Gasteiger partial charge in [-0.1, -0.05) is 11.6 Å². The molecular weight excluding hydrogens is 238 g/mol. The topological polar surface area (TPSA) is 29.5 Å². The molecule has 0 saturated carbocycles. The molecule has 3 nitrogen and oxygen atoms in total. The lowest BCUT2D eigenvalue weighted by molar-refractivity contribution is 0.0437. The van der Waals surface area contributed by atoms with Crippen LogP contribution in [0.3, 0.4) is 0 Å². The van der Waals surface area contributed by atoms with Crippen LogP contribution in [-0.2, 0) is 0 Å². The van der Waals surface area contributed by atoms with Gasteiger partial charge in [-0.25, -0.2) is 0 Å². The maximum absolute atomic E-state index is 12.4. The largest absolute Gasteiger partial charge is 0.485 e. The summed E-state index contributed by atoms with van der Waals surface area (Å²) in [4.78, 5) is 14.8. The highest BCUT2D eigenvalue weighted by Crippen LogP contribution is 2.39. The smallest absolute Gasteiger partial charge is 0.170 e. The Hall–Kier alpha value is -1.35. The number of hydrogen-bond acceptors (Lipinski definition) is 3. The number of Topliss-reactive ketones (excluding diaryl/α,β-unsaturated/α-hetero) is 1. The van der Waals surface area contributed by atoms with E-state index < -0.39 is 0 Å². The van der Waals surface area contributed by atoms with E-state index in [1.54, 1.807) is 0 Å². The molecule has 3 heteroatoms. The number of carbonyl (C=O) groups excluding carboxylic acids is 1. The van der Waals surface area contributed by atoms with Crippen molar-refractivity contribution in [2.45, 2.75) is 45.3 Å². The first-order valence-electron chi connectivity index (χ1n) is 7.06. The molecule has 2 aliphatic heterocycles. The molecule has 2 aliphatic rings. The van der Waals surface area contributed by atoms with Crippen LogP contribution in [-0.4, -0.2) is 35.4 Å². The highest BCUT2D eigenvalue weighted by molar-refractivity contribution is 6.00. The molecule has 0 N–H and O–H groups in total.